The number of para-hydroxylation sites is 2. The molecule has 62 heavy (non-hydrogen) atoms. The van der Waals surface area contributed by atoms with Crippen molar-refractivity contribution in [3.05, 3.63) is 194 Å². The fraction of sp³-hybridized carbons (Fsp3) is 0.0714. The van der Waals surface area contributed by atoms with Gasteiger partial charge >= 0.3 is 0 Å². The number of nitrogens with zero attached hydrogens (tertiary/aromatic N) is 4. The highest BCUT2D eigenvalue weighted by molar-refractivity contribution is 7.25. The quantitative estimate of drug-likeness (QED) is 0.173. The molecule has 0 unspecified atom stereocenters. The zero-order valence-corrected chi connectivity index (χ0v) is 36.0. The Bertz CT molecular complexity index is 3460. The summed E-state index contributed by atoms with van der Waals surface area (Å²) in [6, 6.07) is 69.5. The first kappa shape index (κ1) is 40.0. The van der Waals surface area contributed by atoms with Crippen molar-refractivity contribution in [2.45, 2.75) is 27.7 Å². The van der Waals surface area contributed by atoms with Gasteiger partial charge < -0.3 is 10.0 Å². The Hall–Kier alpha value is -7.38. The van der Waals surface area contributed by atoms with Gasteiger partial charge in [-0.3, -0.25) is 4.57 Å². The van der Waals surface area contributed by atoms with Crippen molar-refractivity contribution >= 4 is 75.1 Å². The average Bonchev–Trinajstić information content (AvgIpc) is 3.99. The monoisotopic (exact) mass is 822 g/mol. The predicted molar refractivity (Wildman–Crippen MR) is 266 cm³/mol. The van der Waals surface area contributed by atoms with E-state index < -0.39 is 0 Å². The summed E-state index contributed by atoms with van der Waals surface area (Å²) in [6.45, 7) is 8.00. The van der Waals surface area contributed by atoms with Crippen LogP contribution in [0.4, 0.5) is 0 Å². The van der Waals surface area contributed by atoms with E-state index in [-0.39, 0.29) is 5.48 Å². The van der Waals surface area contributed by atoms with Crippen molar-refractivity contribution < 1.29 is 5.48 Å². The molecule has 0 aliphatic carbocycles. The highest BCUT2D eigenvalue weighted by Crippen LogP contribution is 2.42. The summed E-state index contributed by atoms with van der Waals surface area (Å²) in [6.07, 6.45) is 0. The number of aromatic nitrogens is 4. The third-order valence-electron chi connectivity index (χ3n) is 11.3. The number of rotatable bonds is 5. The summed E-state index contributed by atoms with van der Waals surface area (Å²) >= 11 is 1.87. The molecule has 4 heterocycles. The zero-order chi connectivity index (χ0) is 41.5. The summed E-state index contributed by atoms with van der Waals surface area (Å²) in [4.78, 5) is 10.5. The van der Waals surface area contributed by atoms with Gasteiger partial charge in [0.15, 0.2) is 0 Å². The first-order valence-corrected chi connectivity index (χ1v) is 22.1. The Morgan fingerprint density at radius 2 is 0.855 bits per heavy atom. The summed E-state index contributed by atoms with van der Waals surface area (Å²) in [5.74, 6) is 0.646. The van der Waals surface area contributed by atoms with E-state index >= 15 is 0 Å². The van der Waals surface area contributed by atoms with Crippen LogP contribution in [-0.4, -0.2) is 24.6 Å². The van der Waals surface area contributed by atoms with E-state index in [4.69, 9.17) is 9.97 Å². The first-order valence-electron chi connectivity index (χ1n) is 21.2. The Balaban J connectivity index is 0.000000954. The zero-order valence-electron chi connectivity index (χ0n) is 35.2. The lowest BCUT2D eigenvalue weighted by atomic mass is 10.0. The Morgan fingerprint density at radius 3 is 1.55 bits per heavy atom. The second-order valence-corrected chi connectivity index (χ2v) is 15.7. The van der Waals surface area contributed by atoms with E-state index in [0.29, 0.717) is 5.95 Å². The molecule has 0 saturated heterocycles. The molecule has 5 nitrogen and oxygen atoms in total. The van der Waals surface area contributed by atoms with Gasteiger partial charge in [0.05, 0.1) is 33.5 Å². The van der Waals surface area contributed by atoms with Crippen molar-refractivity contribution in [2.24, 2.45) is 0 Å². The van der Waals surface area contributed by atoms with Gasteiger partial charge in [0.25, 0.3) is 0 Å². The van der Waals surface area contributed by atoms with Crippen molar-refractivity contribution in [3.8, 4) is 45.3 Å². The maximum atomic E-state index is 5.27. The number of hydrogen-bond acceptors (Lipinski definition) is 3. The summed E-state index contributed by atoms with van der Waals surface area (Å²) in [5, 5.41) is 7.43. The normalized spacial score (nSPS) is 11.1. The van der Waals surface area contributed by atoms with Gasteiger partial charge in [-0.25, -0.2) is 9.97 Å². The van der Waals surface area contributed by atoms with Crippen molar-refractivity contribution in [1.82, 2.24) is 19.1 Å². The molecule has 2 N–H and O–H groups in total. The van der Waals surface area contributed by atoms with Crippen LogP contribution in [0, 0.1) is 0 Å². The van der Waals surface area contributed by atoms with Crippen LogP contribution in [0.5, 0.6) is 0 Å². The topological polar surface area (TPSA) is 67.1 Å². The number of thiophene rings is 1. The van der Waals surface area contributed by atoms with Crippen LogP contribution in [0.15, 0.2) is 194 Å². The molecule has 0 spiro atoms. The van der Waals surface area contributed by atoms with E-state index in [0.717, 1.165) is 50.4 Å². The number of hydrogen-bond donors (Lipinski definition) is 0. The molecule has 6 heteroatoms. The van der Waals surface area contributed by atoms with Gasteiger partial charge in [-0.15, -0.1) is 11.3 Å². The maximum absolute atomic E-state index is 5.27. The molecule has 8 aromatic carbocycles. The molecule has 0 radical (unpaired) electrons. The second kappa shape index (κ2) is 16.9. The Kier molecular flexibility index (Phi) is 10.9. The van der Waals surface area contributed by atoms with Crippen LogP contribution < -0.4 is 0 Å². The molecule has 0 fully saturated rings. The highest BCUT2D eigenvalue weighted by Gasteiger charge is 2.20. The van der Waals surface area contributed by atoms with E-state index in [9.17, 15) is 0 Å². The third-order valence-corrected chi connectivity index (χ3v) is 12.5. The maximum Gasteiger partial charge on any atom is 0.235 e. The number of fused-ring (bicyclic) bond motifs is 9. The fourth-order valence-electron chi connectivity index (χ4n) is 8.69. The Labute approximate surface area is 365 Å². The minimum atomic E-state index is 0. The van der Waals surface area contributed by atoms with Gasteiger partial charge in [0, 0.05) is 58.5 Å². The van der Waals surface area contributed by atoms with E-state index in [1.165, 1.54) is 52.8 Å². The van der Waals surface area contributed by atoms with Gasteiger partial charge in [0.1, 0.15) is 0 Å². The molecule has 4 aromatic heterocycles. The summed E-state index contributed by atoms with van der Waals surface area (Å²) < 4.78 is 7.28. The van der Waals surface area contributed by atoms with Crippen LogP contribution in [0.25, 0.3) is 109 Å². The average molecular weight is 823 g/mol. The lowest BCUT2D eigenvalue weighted by molar-refractivity contribution is 0.824. The van der Waals surface area contributed by atoms with Crippen LogP contribution in [0.1, 0.15) is 27.7 Å². The van der Waals surface area contributed by atoms with Crippen molar-refractivity contribution in [2.75, 3.05) is 0 Å². The van der Waals surface area contributed by atoms with E-state index in [2.05, 4.69) is 191 Å². The summed E-state index contributed by atoms with van der Waals surface area (Å²) in [7, 11) is 0. The second-order valence-electron chi connectivity index (χ2n) is 14.6. The largest absolute Gasteiger partial charge is 0.412 e. The van der Waals surface area contributed by atoms with E-state index in [1.54, 1.807) is 0 Å². The first-order chi connectivity index (χ1) is 30.2. The molecule has 0 amide bonds. The molecular formula is C56H46N4OS. The molecule has 0 aliphatic rings. The van der Waals surface area contributed by atoms with Gasteiger partial charge in [-0.05, 0) is 71.8 Å². The third kappa shape index (κ3) is 6.70. The predicted octanol–water partition coefficient (Wildman–Crippen LogP) is 15.3. The van der Waals surface area contributed by atoms with Crippen molar-refractivity contribution in [3.63, 3.8) is 0 Å². The molecular weight excluding hydrogens is 777 g/mol. The van der Waals surface area contributed by atoms with Gasteiger partial charge in [0.2, 0.25) is 5.95 Å². The lowest BCUT2D eigenvalue weighted by Gasteiger charge is -2.12. The highest BCUT2D eigenvalue weighted by atomic mass is 32.1. The molecule has 0 saturated carbocycles. The lowest BCUT2D eigenvalue weighted by Crippen LogP contribution is -2.04. The Morgan fingerprint density at radius 1 is 0.339 bits per heavy atom. The molecule has 12 aromatic rings. The standard InChI is InChI=1S/C52H32N4S.2C2H6.H2O/c1-4-14-33(15-5-1)44-32-45(34-16-6-2-7-17-34)54-52(53-44)56-46-22-12-10-20-38(46)39-26-24-36(29-48(39)56)35-25-27-47-41(28-35)42-31-51-43(40-21-11-13-23-50(40)57-51)30-49(42)55(47)37-18-8-3-9-19-37;2*1-2;/h1-32H;2*1-2H3;1H2. The van der Waals surface area contributed by atoms with Crippen molar-refractivity contribution in [1.29, 1.82) is 0 Å². The molecule has 12 rings (SSSR count). The molecule has 0 atom stereocenters. The van der Waals surface area contributed by atoms with Crippen LogP contribution in [0.2, 0.25) is 0 Å². The van der Waals surface area contributed by atoms with Crippen LogP contribution in [0.3, 0.4) is 0 Å². The minimum absolute atomic E-state index is 0. The van der Waals surface area contributed by atoms with Gasteiger partial charge in [-0.2, -0.15) is 0 Å². The van der Waals surface area contributed by atoms with Crippen LogP contribution in [-0.2, 0) is 0 Å². The molecule has 302 valence electrons. The summed E-state index contributed by atoms with van der Waals surface area (Å²) in [5.41, 5.74) is 11.9. The molecule has 0 bridgehead atoms. The minimum Gasteiger partial charge on any atom is -0.412 e. The van der Waals surface area contributed by atoms with E-state index in [1.807, 2.05) is 51.2 Å². The fourth-order valence-corrected chi connectivity index (χ4v) is 9.81. The SMILES string of the molecule is CC.CC.O.c1ccc(-c2cc(-c3ccccc3)nc(-n3c4ccccc4c4ccc(-c5ccc6c(c5)c5cc7sc8ccccc8c7cc5n6-c5ccccc5)cc43)n2)cc1. The number of benzene rings is 8. The van der Waals surface area contributed by atoms with Gasteiger partial charge in [-0.1, -0.05) is 161 Å². The molecule has 0 aliphatic heterocycles. The van der Waals surface area contributed by atoms with Crippen LogP contribution >= 0.6 is 11.3 Å². The smallest absolute Gasteiger partial charge is 0.235 e.